The fourth-order valence-electron chi connectivity index (χ4n) is 1.37. The summed E-state index contributed by atoms with van der Waals surface area (Å²) < 4.78 is 39.6. The Bertz CT molecular complexity index is 569. The van der Waals surface area contributed by atoms with Crippen LogP contribution in [0, 0.1) is 5.82 Å². The van der Waals surface area contributed by atoms with Crippen molar-refractivity contribution in [3.8, 4) is 5.75 Å². The highest BCUT2D eigenvalue weighted by Crippen LogP contribution is 2.18. The highest BCUT2D eigenvalue weighted by molar-refractivity contribution is 7.85. The molecule has 6 nitrogen and oxygen atoms in total. The molecule has 0 aliphatic rings. The zero-order chi connectivity index (χ0) is 15.2. The molecule has 0 aliphatic heterocycles. The Morgan fingerprint density at radius 1 is 1.35 bits per heavy atom. The van der Waals surface area contributed by atoms with Gasteiger partial charge in [0.25, 0.3) is 10.1 Å². The van der Waals surface area contributed by atoms with Crippen LogP contribution in [0.1, 0.15) is 18.9 Å². The van der Waals surface area contributed by atoms with Gasteiger partial charge < -0.3 is 0 Å². The van der Waals surface area contributed by atoms with E-state index in [-0.39, 0.29) is 18.8 Å². The van der Waals surface area contributed by atoms with E-state index in [1.165, 1.54) is 25.1 Å². The summed E-state index contributed by atoms with van der Waals surface area (Å²) in [6, 6.07) is 3.86. The van der Waals surface area contributed by atoms with E-state index in [9.17, 15) is 17.6 Å². The normalized spacial score (nSPS) is 11.2. The number of halogens is 1. The van der Waals surface area contributed by atoms with Crippen LogP contribution >= 0.6 is 0 Å². The minimum absolute atomic E-state index is 0.0344. The van der Waals surface area contributed by atoms with E-state index >= 15 is 0 Å². The van der Waals surface area contributed by atoms with Crippen LogP contribution in [0.5, 0.6) is 5.75 Å². The number of benzene rings is 1. The fraction of sp³-hybridized carbons (Fsp3) is 0.417. The largest absolute Gasteiger partial charge is 0.352 e. The minimum Gasteiger partial charge on any atom is -0.287 e. The quantitative estimate of drug-likeness (QED) is 0.329. The van der Waals surface area contributed by atoms with Gasteiger partial charge in [0.2, 0.25) is 0 Å². The van der Waals surface area contributed by atoms with Crippen LogP contribution in [0.25, 0.3) is 0 Å². The Balaban J connectivity index is 2.55. The third-order valence-corrected chi connectivity index (χ3v) is 2.76. The van der Waals surface area contributed by atoms with E-state index < -0.39 is 21.9 Å². The van der Waals surface area contributed by atoms with Crippen molar-refractivity contribution >= 4 is 16.1 Å². The van der Waals surface area contributed by atoms with Gasteiger partial charge in [0.05, 0.1) is 12.9 Å². The molecule has 0 saturated heterocycles. The molecule has 0 fully saturated rings. The van der Waals surface area contributed by atoms with Crippen LogP contribution in [0.3, 0.4) is 0 Å². The number of carbonyl (C=O) groups is 1. The van der Waals surface area contributed by atoms with Crippen molar-refractivity contribution in [2.75, 3.05) is 12.9 Å². The van der Waals surface area contributed by atoms with E-state index in [1.807, 2.05) is 0 Å². The molecule has 0 aliphatic carbocycles. The Morgan fingerprint density at radius 2 is 2.05 bits per heavy atom. The highest BCUT2D eigenvalue weighted by Gasteiger charge is 2.07. The van der Waals surface area contributed by atoms with Crippen molar-refractivity contribution in [3.63, 3.8) is 0 Å². The van der Waals surface area contributed by atoms with Crippen molar-refractivity contribution < 1.29 is 31.6 Å². The highest BCUT2D eigenvalue weighted by atomic mass is 32.2. The molecule has 0 amide bonds. The SMILES string of the molecule is CC(=O)OOc1ccc(F)c(CCCOS(C)(=O)=O)c1. The molecule has 0 radical (unpaired) electrons. The fourth-order valence-corrected chi connectivity index (χ4v) is 1.79. The van der Waals surface area contributed by atoms with Crippen LogP contribution < -0.4 is 4.89 Å². The molecule has 1 aromatic carbocycles. The molecule has 112 valence electrons. The lowest BCUT2D eigenvalue weighted by Crippen LogP contribution is -2.06. The Kier molecular flexibility index (Phi) is 5.90. The van der Waals surface area contributed by atoms with E-state index in [0.717, 1.165) is 6.26 Å². The molecule has 0 N–H and O–H groups in total. The molecule has 0 aromatic heterocycles. The molecule has 1 aromatic rings. The number of hydrogen-bond acceptors (Lipinski definition) is 6. The van der Waals surface area contributed by atoms with Crippen LogP contribution in [0.4, 0.5) is 4.39 Å². The van der Waals surface area contributed by atoms with Gasteiger partial charge in [0.1, 0.15) is 5.82 Å². The van der Waals surface area contributed by atoms with Crippen LogP contribution in [0.2, 0.25) is 0 Å². The van der Waals surface area contributed by atoms with Crippen molar-refractivity contribution in [3.05, 3.63) is 29.6 Å². The first kappa shape index (κ1) is 16.4. The average molecular weight is 306 g/mol. The van der Waals surface area contributed by atoms with Crippen molar-refractivity contribution in [1.29, 1.82) is 0 Å². The van der Waals surface area contributed by atoms with Gasteiger partial charge in [-0.15, -0.1) is 0 Å². The monoisotopic (exact) mass is 306 g/mol. The third kappa shape index (κ3) is 6.48. The maximum absolute atomic E-state index is 13.5. The predicted octanol–water partition coefficient (Wildman–Crippen LogP) is 1.59. The van der Waals surface area contributed by atoms with Gasteiger partial charge in [-0.2, -0.15) is 8.42 Å². The zero-order valence-corrected chi connectivity index (χ0v) is 11.9. The van der Waals surface area contributed by atoms with E-state index in [1.54, 1.807) is 0 Å². The second kappa shape index (κ2) is 7.20. The smallest absolute Gasteiger partial charge is 0.287 e. The lowest BCUT2D eigenvalue weighted by molar-refractivity contribution is -0.210. The summed E-state index contributed by atoms with van der Waals surface area (Å²) in [6.45, 7) is 1.14. The van der Waals surface area contributed by atoms with Gasteiger partial charge in [-0.1, -0.05) is 0 Å². The second-order valence-electron chi connectivity index (χ2n) is 4.04. The van der Waals surface area contributed by atoms with Crippen LogP contribution in [0.15, 0.2) is 18.2 Å². The van der Waals surface area contributed by atoms with Gasteiger partial charge in [0.15, 0.2) is 5.75 Å². The third-order valence-electron chi connectivity index (χ3n) is 2.16. The molecule has 0 atom stereocenters. The zero-order valence-electron chi connectivity index (χ0n) is 11.1. The average Bonchev–Trinajstić information content (AvgIpc) is 2.33. The van der Waals surface area contributed by atoms with E-state index in [0.29, 0.717) is 12.0 Å². The Morgan fingerprint density at radius 3 is 2.65 bits per heavy atom. The molecular weight excluding hydrogens is 291 g/mol. The first-order valence-corrected chi connectivity index (χ1v) is 7.57. The summed E-state index contributed by atoms with van der Waals surface area (Å²) in [4.78, 5) is 19.6. The maximum atomic E-state index is 13.5. The van der Waals surface area contributed by atoms with Gasteiger partial charge in [-0.3, -0.25) is 14.0 Å². The Labute approximate surface area is 116 Å². The van der Waals surface area contributed by atoms with E-state index in [2.05, 4.69) is 14.0 Å². The number of aryl methyl sites for hydroxylation is 1. The molecule has 1 rings (SSSR count). The molecular formula is C12H15FO6S. The molecule has 20 heavy (non-hydrogen) atoms. The second-order valence-corrected chi connectivity index (χ2v) is 5.69. The number of carbonyl (C=O) groups excluding carboxylic acids is 1. The van der Waals surface area contributed by atoms with Crippen LogP contribution in [-0.2, 0) is 30.4 Å². The lowest BCUT2D eigenvalue weighted by atomic mass is 10.1. The van der Waals surface area contributed by atoms with Crippen LogP contribution in [-0.4, -0.2) is 27.2 Å². The molecule has 0 unspecified atom stereocenters. The molecule has 8 heteroatoms. The summed E-state index contributed by atoms with van der Waals surface area (Å²) >= 11 is 0. The van der Waals surface area contributed by atoms with Crippen molar-refractivity contribution in [1.82, 2.24) is 0 Å². The van der Waals surface area contributed by atoms with Crippen molar-refractivity contribution in [2.45, 2.75) is 19.8 Å². The summed E-state index contributed by atoms with van der Waals surface area (Å²) in [5.41, 5.74) is 0.312. The molecule has 0 bridgehead atoms. The summed E-state index contributed by atoms with van der Waals surface area (Å²) in [7, 11) is -3.49. The topological polar surface area (TPSA) is 78.9 Å². The molecule has 0 saturated carbocycles. The standard InChI is InChI=1S/C12H15FO6S/c1-9(14)18-19-11-5-6-12(13)10(8-11)4-3-7-17-20(2,15)16/h5-6,8H,3-4,7H2,1-2H3. The molecule has 0 heterocycles. The van der Waals surface area contributed by atoms with Gasteiger partial charge in [-0.05, 0) is 36.6 Å². The Hall–Kier alpha value is -1.67. The summed E-state index contributed by atoms with van der Waals surface area (Å²) in [6.07, 6.45) is 1.53. The predicted molar refractivity (Wildman–Crippen MR) is 67.9 cm³/mol. The molecule has 0 spiro atoms. The van der Waals surface area contributed by atoms with Crippen molar-refractivity contribution in [2.24, 2.45) is 0 Å². The number of rotatable bonds is 7. The first-order valence-electron chi connectivity index (χ1n) is 5.76. The van der Waals surface area contributed by atoms with Gasteiger partial charge in [-0.25, -0.2) is 9.18 Å². The number of hydrogen-bond donors (Lipinski definition) is 0. The first-order chi connectivity index (χ1) is 9.28. The minimum atomic E-state index is -3.49. The lowest BCUT2D eigenvalue weighted by Gasteiger charge is -2.07. The van der Waals surface area contributed by atoms with Gasteiger partial charge >= 0.3 is 5.97 Å². The van der Waals surface area contributed by atoms with Gasteiger partial charge in [0, 0.05) is 6.92 Å². The summed E-state index contributed by atoms with van der Waals surface area (Å²) in [5.74, 6) is -0.905. The summed E-state index contributed by atoms with van der Waals surface area (Å²) in [5, 5.41) is 0. The maximum Gasteiger partial charge on any atom is 0.352 e. The van der Waals surface area contributed by atoms with E-state index in [4.69, 9.17) is 0 Å².